The molecule has 0 radical (unpaired) electrons. The van der Waals surface area contributed by atoms with Crippen LogP contribution in [-0.4, -0.2) is 26.8 Å². The fraction of sp³-hybridized carbons (Fsp3) is 0.316. The third-order valence-electron chi connectivity index (χ3n) is 3.86. The van der Waals surface area contributed by atoms with E-state index >= 15 is 0 Å². The Labute approximate surface area is 156 Å². The summed E-state index contributed by atoms with van der Waals surface area (Å²) in [5, 5.41) is 5.81. The van der Waals surface area contributed by atoms with E-state index in [1.807, 2.05) is 49.4 Å². The van der Waals surface area contributed by atoms with Gasteiger partial charge in [0, 0.05) is 11.0 Å². The molecule has 6 heteroatoms. The van der Waals surface area contributed by atoms with Crippen LogP contribution in [0.3, 0.4) is 0 Å². The highest BCUT2D eigenvalue weighted by molar-refractivity contribution is 9.10. The molecular weight excluding hydrogens is 384 g/mol. The zero-order chi connectivity index (χ0) is 18.2. The normalized spacial score (nSPS) is 11.5. The van der Waals surface area contributed by atoms with Crippen molar-refractivity contribution in [2.45, 2.75) is 19.4 Å². The maximum atomic E-state index is 12.0. The van der Waals surface area contributed by atoms with Crippen LogP contribution in [0.25, 0.3) is 0 Å². The third-order valence-corrected chi connectivity index (χ3v) is 4.39. The zero-order valence-electron chi connectivity index (χ0n) is 14.6. The highest BCUT2D eigenvalue weighted by atomic mass is 79.9. The van der Waals surface area contributed by atoms with Crippen LogP contribution in [0.1, 0.15) is 24.1 Å². The second-order valence-electron chi connectivity index (χ2n) is 5.61. The van der Waals surface area contributed by atoms with E-state index in [1.54, 1.807) is 14.2 Å². The molecule has 5 nitrogen and oxygen atoms in total. The molecule has 0 saturated heterocycles. The minimum absolute atomic E-state index is 0.0609. The summed E-state index contributed by atoms with van der Waals surface area (Å²) < 4.78 is 11.5. The van der Waals surface area contributed by atoms with Gasteiger partial charge in [-0.2, -0.15) is 0 Å². The van der Waals surface area contributed by atoms with Gasteiger partial charge in [-0.3, -0.25) is 0 Å². The van der Waals surface area contributed by atoms with Crippen molar-refractivity contribution in [3.05, 3.63) is 58.1 Å². The van der Waals surface area contributed by atoms with Gasteiger partial charge < -0.3 is 20.1 Å². The number of benzene rings is 2. The summed E-state index contributed by atoms with van der Waals surface area (Å²) in [4.78, 5) is 12.0. The van der Waals surface area contributed by atoms with Gasteiger partial charge in [0.1, 0.15) is 0 Å². The zero-order valence-corrected chi connectivity index (χ0v) is 16.2. The van der Waals surface area contributed by atoms with E-state index in [0.29, 0.717) is 24.5 Å². The van der Waals surface area contributed by atoms with Crippen LogP contribution in [0.15, 0.2) is 46.9 Å². The number of amides is 2. The molecular formula is C19H23BrN2O3. The maximum absolute atomic E-state index is 12.0. The standard InChI is InChI=1S/C19H23BrN2O3/c1-13(15-5-7-16(20)8-6-15)22-19(23)21-11-10-14-4-9-17(24-2)18(12-14)25-3/h4-9,12-13H,10-11H2,1-3H3,(H2,21,22,23)/t13-/m1/s1. The van der Waals surface area contributed by atoms with Gasteiger partial charge in [0.05, 0.1) is 20.3 Å². The first-order valence-electron chi connectivity index (χ1n) is 8.04. The summed E-state index contributed by atoms with van der Waals surface area (Å²) in [5.74, 6) is 1.38. The van der Waals surface area contributed by atoms with Crippen LogP contribution in [0.2, 0.25) is 0 Å². The summed E-state index contributed by atoms with van der Waals surface area (Å²) in [6.45, 7) is 2.49. The lowest BCUT2D eigenvalue weighted by atomic mass is 10.1. The molecule has 1 atom stereocenters. The number of carbonyl (C=O) groups excluding carboxylic acids is 1. The van der Waals surface area contributed by atoms with E-state index in [2.05, 4.69) is 26.6 Å². The smallest absolute Gasteiger partial charge is 0.315 e. The molecule has 25 heavy (non-hydrogen) atoms. The van der Waals surface area contributed by atoms with Gasteiger partial charge in [-0.05, 0) is 48.7 Å². The summed E-state index contributed by atoms with van der Waals surface area (Å²) in [6.07, 6.45) is 0.709. The number of urea groups is 1. The molecule has 134 valence electrons. The number of nitrogens with one attached hydrogen (secondary N) is 2. The van der Waals surface area contributed by atoms with Crippen molar-refractivity contribution < 1.29 is 14.3 Å². The molecule has 0 spiro atoms. The molecule has 0 aromatic heterocycles. The summed E-state index contributed by atoms with van der Waals surface area (Å²) >= 11 is 3.40. The Morgan fingerprint density at radius 2 is 1.76 bits per heavy atom. The molecule has 2 aromatic rings. The predicted octanol–water partition coefficient (Wildman–Crippen LogP) is 4.07. The van der Waals surface area contributed by atoms with Crippen LogP contribution in [0.5, 0.6) is 11.5 Å². The van der Waals surface area contributed by atoms with Crippen molar-refractivity contribution in [2.75, 3.05) is 20.8 Å². The van der Waals surface area contributed by atoms with E-state index in [4.69, 9.17) is 9.47 Å². The Bertz CT molecular complexity index is 704. The average Bonchev–Trinajstić information content (AvgIpc) is 2.62. The number of carbonyl (C=O) groups is 1. The number of halogens is 1. The van der Waals surface area contributed by atoms with Gasteiger partial charge in [-0.15, -0.1) is 0 Å². The highest BCUT2D eigenvalue weighted by Gasteiger charge is 2.09. The third kappa shape index (κ3) is 5.67. The number of ether oxygens (including phenoxy) is 2. The van der Waals surface area contributed by atoms with Gasteiger partial charge in [0.2, 0.25) is 0 Å². The molecule has 2 aromatic carbocycles. The maximum Gasteiger partial charge on any atom is 0.315 e. The molecule has 0 aliphatic rings. The SMILES string of the molecule is COc1ccc(CCNC(=O)N[C@H](C)c2ccc(Br)cc2)cc1OC. The number of hydrogen-bond donors (Lipinski definition) is 2. The van der Waals surface area contributed by atoms with Crippen molar-refractivity contribution in [2.24, 2.45) is 0 Å². The minimum atomic E-state index is -0.184. The summed E-state index contributed by atoms with van der Waals surface area (Å²) in [5.41, 5.74) is 2.12. The minimum Gasteiger partial charge on any atom is -0.493 e. The van der Waals surface area contributed by atoms with E-state index in [1.165, 1.54) is 0 Å². The first-order chi connectivity index (χ1) is 12.0. The highest BCUT2D eigenvalue weighted by Crippen LogP contribution is 2.27. The van der Waals surface area contributed by atoms with Crippen molar-refractivity contribution in [1.29, 1.82) is 0 Å². The van der Waals surface area contributed by atoms with Crippen LogP contribution < -0.4 is 20.1 Å². The van der Waals surface area contributed by atoms with E-state index in [9.17, 15) is 4.79 Å². The first kappa shape index (κ1) is 19.1. The second kappa shape index (κ2) is 9.32. The molecule has 2 rings (SSSR count). The van der Waals surface area contributed by atoms with Crippen LogP contribution in [0, 0.1) is 0 Å². The second-order valence-corrected chi connectivity index (χ2v) is 6.53. The van der Waals surface area contributed by atoms with E-state index in [-0.39, 0.29) is 12.1 Å². The number of hydrogen-bond acceptors (Lipinski definition) is 3. The van der Waals surface area contributed by atoms with Gasteiger partial charge >= 0.3 is 6.03 Å². The van der Waals surface area contributed by atoms with Crippen molar-refractivity contribution in [3.63, 3.8) is 0 Å². The van der Waals surface area contributed by atoms with E-state index in [0.717, 1.165) is 15.6 Å². The van der Waals surface area contributed by atoms with Gasteiger partial charge in [-0.25, -0.2) is 4.79 Å². The first-order valence-corrected chi connectivity index (χ1v) is 8.83. The van der Waals surface area contributed by atoms with Crippen LogP contribution >= 0.6 is 15.9 Å². The van der Waals surface area contributed by atoms with Crippen molar-refractivity contribution >= 4 is 22.0 Å². The molecule has 0 heterocycles. The monoisotopic (exact) mass is 406 g/mol. The Hall–Kier alpha value is -2.21. The molecule has 0 bridgehead atoms. The quantitative estimate of drug-likeness (QED) is 0.728. The molecule has 0 saturated carbocycles. The lowest BCUT2D eigenvalue weighted by Gasteiger charge is -2.15. The predicted molar refractivity (Wildman–Crippen MR) is 102 cm³/mol. The lowest BCUT2D eigenvalue weighted by Crippen LogP contribution is -2.38. The number of methoxy groups -OCH3 is 2. The molecule has 2 amide bonds. The summed E-state index contributed by atoms with van der Waals surface area (Å²) in [6, 6.07) is 13.4. The van der Waals surface area contributed by atoms with Gasteiger partial charge in [0.25, 0.3) is 0 Å². The number of rotatable bonds is 7. The van der Waals surface area contributed by atoms with Crippen LogP contribution in [-0.2, 0) is 6.42 Å². The lowest BCUT2D eigenvalue weighted by molar-refractivity contribution is 0.238. The molecule has 0 unspecified atom stereocenters. The Balaban J connectivity index is 1.81. The van der Waals surface area contributed by atoms with Gasteiger partial charge in [-0.1, -0.05) is 34.1 Å². The molecule has 0 aliphatic heterocycles. The molecule has 2 N–H and O–H groups in total. The summed E-state index contributed by atoms with van der Waals surface area (Å²) in [7, 11) is 3.22. The largest absolute Gasteiger partial charge is 0.493 e. The molecule has 0 aliphatic carbocycles. The van der Waals surface area contributed by atoms with Gasteiger partial charge in [0.15, 0.2) is 11.5 Å². The van der Waals surface area contributed by atoms with E-state index < -0.39 is 0 Å². The Morgan fingerprint density at radius 3 is 2.40 bits per heavy atom. The van der Waals surface area contributed by atoms with Crippen molar-refractivity contribution in [1.82, 2.24) is 10.6 Å². The van der Waals surface area contributed by atoms with Crippen molar-refractivity contribution in [3.8, 4) is 11.5 Å². The van der Waals surface area contributed by atoms with Crippen LogP contribution in [0.4, 0.5) is 4.79 Å². The molecule has 0 fully saturated rings. The Morgan fingerprint density at radius 1 is 1.08 bits per heavy atom. The topological polar surface area (TPSA) is 59.6 Å². The average molecular weight is 407 g/mol. The fourth-order valence-electron chi connectivity index (χ4n) is 2.44. The fourth-order valence-corrected chi connectivity index (χ4v) is 2.70. The Kier molecular flexibility index (Phi) is 7.13.